The lowest BCUT2D eigenvalue weighted by molar-refractivity contribution is -0.169. The van der Waals surface area contributed by atoms with E-state index in [9.17, 15) is 18.0 Å². The van der Waals surface area contributed by atoms with Gasteiger partial charge in [-0.2, -0.15) is 13.2 Å². The van der Waals surface area contributed by atoms with Gasteiger partial charge in [0.2, 0.25) is 0 Å². The lowest BCUT2D eigenvalue weighted by Gasteiger charge is -2.33. The predicted octanol–water partition coefficient (Wildman–Crippen LogP) is 2.94. The maximum Gasteiger partial charge on any atom is 0.409 e. The third-order valence-corrected chi connectivity index (χ3v) is 3.13. The molecule has 2 unspecified atom stereocenters. The van der Waals surface area contributed by atoms with Crippen molar-refractivity contribution < 1.29 is 23.1 Å². The van der Waals surface area contributed by atoms with E-state index in [2.05, 4.69) is 5.32 Å². The highest BCUT2D eigenvalue weighted by Gasteiger charge is 2.49. The average molecular weight is 280 g/mol. The lowest BCUT2D eigenvalue weighted by atomic mass is 9.87. The van der Waals surface area contributed by atoms with Crippen LogP contribution in [0.2, 0.25) is 5.02 Å². The summed E-state index contributed by atoms with van der Waals surface area (Å²) in [5, 5.41) is 11.5. The Morgan fingerprint density at radius 1 is 1.44 bits per heavy atom. The van der Waals surface area contributed by atoms with Gasteiger partial charge in [0, 0.05) is 10.7 Å². The van der Waals surface area contributed by atoms with E-state index in [1.165, 1.54) is 18.2 Å². The van der Waals surface area contributed by atoms with Gasteiger partial charge in [-0.3, -0.25) is 4.79 Å². The minimum Gasteiger partial charge on any atom is -0.481 e. The van der Waals surface area contributed by atoms with Crippen molar-refractivity contribution in [3.05, 3.63) is 28.8 Å². The smallest absolute Gasteiger partial charge is 0.409 e. The quantitative estimate of drug-likeness (QED) is 0.831. The van der Waals surface area contributed by atoms with Crippen LogP contribution in [0, 0.1) is 5.92 Å². The molecular weight excluding hydrogens is 271 g/mol. The summed E-state index contributed by atoms with van der Waals surface area (Å²) < 4.78 is 38.3. The number of halogens is 4. The molecule has 0 radical (unpaired) electrons. The van der Waals surface area contributed by atoms with Crippen LogP contribution in [-0.2, 0) is 11.2 Å². The fourth-order valence-electron chi connectivity index (χ4n) is 2.03. The molecule has 18 heavy (non-hydrogen) atoms. The summed E-state index contributed by atoms with van der Waals surface area (Å²) in [7, 11) is 0. The molecule has 0 saturated heterocycles. The highest BCUT2D eigenvalue weighted by molar-refractivity contribution is 6.30. The maximum absolute atomic E-state index is 12.8. The van der Waals surface area contributed by atoms with E-state index in [1.54, 1.807) is 0 Å². The van der Waals surface area contributed by atoms with Crippen LogP contribution in [0.25, 0.3) is 0 Å². The number of fused-ring (bicyclic) bond motifs is 1. The zero-order valence-corrected chi connectivity index (χ0v) is 9.72. The molecule has 1 heterocycles. The van der Waals surface area contributed by atoms with Crippen LogP contribution >= 0.6 is 11.6 Å². The molecule has 2 rings (SSSR count). The Labute approximate surface area is 106 Å². The van der Waals surface area contributed by atoms with Crippen LogP contribution in [-0.4, -0.2) is 23.3 Å². The second-order valence-electron chi connectivity index (χ2n) is 4.11. The predicted molar refractivity (Wildman–Crippen MR) is 59.7 cm³/mol. The second kappa shape index (κ2) is 4.35. The topological polar surface area (TPSA) is 49.3 Å². The van der Waals surface area contributed by atoms with Crippen molar-refractivity contribution in [2.75, 3.05) is 5.32 Å². The molecule has 1 aromatic rings. The molecule has 1 aromatic carbocycles. The summed E-state index contributed by atoms with van der Waals surface area (Å²) in [5.41, 5.74) is 0.759. The zero-order chi connectivity index (χ0) is 13.5. The van der Waals surface area contributed by atoms with E-state index in [1.807, 2.05) is 0 Å². The van der Waals surface area contributed by atoms with Gasteiger partial charge in [-0.25, -0.2) is 0 Å². The molecule has 98 valence electrons. The van der Waals surface area contributed by atoms with E-state index in [4.69, 9.17) is 16.7 Å². The van der Waals surface area contributed by atoms with E-state index in [-0.39, 0.29) is 12.1 Å². The second-order valence-corrected chi connectivity index (χ2v) is 4.55. The molecule has 0 bridgehead atoms. The van der Waals surface area contributed by atoms with Crippen LogP contribution in [0.5, 0.6) is 0 Å². The highest BCUT2D eigenvalue weighted by atomic mass is 35.5. The van der Waals surface area contributed by atoms with Crippen molar-refractivity contribution in [2.24, 2.45) is 5.92 Å². The number of benzene rings is 1. The van der Waals surface area contributed by atoms with Crippen molar-refractivity contribution in [3.8, 4) is 0 Å². The summed E-state index contributed by atoms with van der Waals surface area (Å²) in [6, 6.07) is 2.28. The number of hydrogen-bond donors (Lipinski definition) is 2. The summed E-state index contributed by atoms with van der Waals surface area (Å²) in [5.74, 6) is -3.02. The van der Waals surface area contributed by atoms with E-state index >= 15 is 0 Å². The number of carbonyl (C=O) groups is 1. The van der Waals surface area contributed by atoms with Crippen LogP contribution < -0.4 is 5.32 Å². The van der Waals surface area contributed by atoms with Gasteiger partial charge >= 0.3 is 12.1 Å². The monoisotopic (exact) mass is 279 g/mol. The lowest BCUT2D eigenvalue weighted by Crippen LogP contribution is -2.49. The van der Waals surface area contributed by atoms with E-state index in [0.717, 1.165) is 0 Å². The number of carboxylic acids is 1. The van der Waals surface area contributed by atoms with Crippen molar-refractivity contribution in [1.82, 2.24) is 0 Å². The largest absolute Gasteiger partial charge is 0.481 e. The van der Waals surface area contributed by atoms with E-state index in [0.29, 0.717) is 10.6 Å². The first-order valence-corrected chi connectivity index (χ1v) is 5.51. The average Bonchev–Trinajstić information content (AvgIpc) is 2.25. The molecule has 2 N–H and O–H groups in total. The standard InChI is InChI=1S/C11H9ClF3NO2/c12-6-1-2-8-5(3-6)4-7(10(17)18)9(16-8)11(13,14)15/h1-3,7,9,16H,4H2,(H,17,18). The van der Waals surface area contributed by atoms with Crippen LogP contribution in [0.1, 0.15) is 5.56 Å². The molecular formula is C11H9ClF3NO2. The van der Waals surface area contributed by atoms with Crippen molar-refractivity contribution >= 4 is 23.3 Å². The van der Waals surface area contributed by atoms with Gasteiger partial charge in [0.15, 0.2) is 0 Å². The first kappa shape index (κ1) is 13.0. The minimum absolute atomic E-state index is 0.192. The Hall–Kier alpha value is -1.43. The molecule has 7 heteroatoms. The van der Waals surface area contributed by atoms with E-state index < -0.39 is 24.1 Å². The molecule has 0 fully saturated rings. The molecule has 0 aliphatic carbocycles. The highest BCUT2D eigenvalue weighted by Crippen LogP contribution is 2.37. The number of rotatable bonds is 1. The molecule has 0 spiro atoms. The Balaban J connectivity index is 2.40. The van der Waals surface area contributed by atoms with Crippen molar-refractivity contribution in [1.29, 1.82) is 0 Å². The number of aliphatic carboxylic acids is 1. The number of carboxylic acid groups (broad SMARTS) is 1. The number of nitrogens with one attached hydrogen (secondary N) is 1. The Kier molecular flexibility index (Phi) is 3.14. The van der Waals surface area contributed by atoms with Crippen molar-refractivity contribution in [3.63, 3.8) is 0 Å². The summed E-state index contributed by atoms with van der Waals surface area (Å²) in [6.07, 6.45) is -4.80. The fourth-order valence-corrected chi connectivity index (χ4v) is 2.23. The van der Waals surface area contributed by atoms with Gasteiger partial charge in [0.1, 0.15) is 6.04 Å². The Morgan fingerprint density at radius 3 is 2.67 bits per heavy atom. The SMILES string of the molecule is O=C(O)C1Cc2cc(Cl)ccc2NC1C(F)(F)F. The fraction of sp³-hybridized carbons (Fsp3) is 0.364. The summed E-state index contributed by atoms with van der Waals surface area (Å²) in [6.45, 7) is 0. The van der Waals surface area contributed by atoms with Crippen LogP contribution in [0.3, 0.4) is 0 Å². The van der Waals surface area contributed by atoms with Crippen LogP contribution in [0.15, 0.2) is 18.2 Å². The molecule has 1 aliphatic heterocycles. The molecule has 0 amide bonds. The summed E-state index contributed by atoms with van der Waals surface area (Å²) in [4.78, 5) is 10.9. The maximum atomic E-state index is 12.8. The van der Waals surface area contributed by atoms with Gasteiger partial charge < -0.3 is 10.4 Å². The third-order valence-electron chi connectivity index (χ3n) is 2.89. The van der Waals surface area contributed by atoms with Gasteiger partial charge in [0.25, 0.3) is 0 Å². The molecule has 0 aromatic heterocycles. The van der Waals surface area contributed by atoms with Gasteiger partial charge in [-0.15, -0.1) is 0 Å². The first-order chi connectivity index (χ1) is 8.29. The van der Waals surface area contributed by atoms with Crippen molar-refractivity contribution in [2.45, 2.75) is 18.6 Å². The molecule has 2 atom stereocenters. The third kappa shape index (κ3) is 2.38. The minimum atomic E-state index is -4.61. The van der Waals surface area contributed by atoms with Crippen LogP contribution in [0.4, 0.5) is 18.9 Å². The molecule has 1 aliphatic rings. The van der Waals surface area contributed by atoms with Gasteiger partial charge in [-0.05, 0) is 30.2 Å². The number of anilines is 1. The zero-order valence-electron chi connectivity index (χ0n) is 8.96. The molecule has 3 nitrogen and oxygen atoms in total. The summed E-state index contributed by atoms with van der Waals surface area (Å²) >= 11 is 5.73. The Bertz CT molecular complexity index is 490. The normalized spacial score (nSPS) is 23.1. The van der Waals surface area contributed by atoms with Gasteiger partial charge in [-0.1, -0.05) is 11.6 Å². The van der Waals surface area contributed by atoms with Gasteiger partial charge in [0.05, 0.1) is 5.92 Å². The number of alkyl halides is 3. The Morgan fingerprint density at radius 2 is 2.11 bits per heavy atom. The molecule has 0 saturated carbocycles. The first-order valence-electron chi connectivity index (χ1n) is 5.13. The number of hydrogen-bond acceptors (Lipinski definition) is 2.